The summed E-state index contributed by atoms with van der Waals surface area (Å²) in [6.07, 6.45) is 6.87. The molecule has 1 aliphatic heterocycles. The second-order valence-corrected chi connectivity index (χ2v) is 4.05. The van der Waals surface area contributed by atoms with E-state index in [-0.39, 0.29) is 12.5 Å². The van der Waals surface area contributed by atoms with Crippen LogP contribution in [0, 0.1) is 0 Å². The number of nitrogens with one attached hydrogen (secondary N) is 2. The lowest BCUT2D eigenvalue weighted by Crippen LogP contribution is -2.44. The van der Waals surface area contributed by atoms with Crippen molar-refractivity contribution in [2.24, 2.45) is 0 Å². The molecule has 2 heterocycles. The Morgan fingerprint density at radius 1 is 1.56 bits per heavy atom. The molecule has 1 unspecified atom stereocenters. The molecule has 2 N–H and O–H groups in total. The Bertz CT molecular complexity index is 318. The van der Waals surface area contributed by atoms with Gasteiger partial charge in [-0.1, -0.05) is 11.6 Å². The van der Waals surface area contributed by atoms with Gasteiger partial charge in [0.2, 0.25) is 5.91 Å². The molecule has 6 heteroatoms. The first kappa shape index (κ1) is 11.1. The molecular weight excluding hydrogens is 206 g/mol. The number of nitrogens with zero attached hydrogens (tertiary/aromatic N) is 3. The summed E-state index contributed by atoms with van der Waals surface area (Å²) in [7, 11) is 0. The van der Waals surface area contributed by atoms with Crippen molar-refractivity contribution >= 4 is 5.91 Å². The van der Waals surface area contributed by atoms with Gasteiger partial charge in [0.25, 0.3) is 0 Å². The minimum absolute atomic E-state index is 0.0159. The molecule has 1 aliphatic rings. The number of amides is 1. The molecule has 0 saturated carbocycles. The van der Waals surface area contributed by atoms with E-state index >= 15 is 0 Å². The summed E-state index contributed by atoms with van der Waals surface area (Å²) in [6.45, 7) is 2.00. The van der Waals surface area contributed by atoms with Crippen molar-refractivity contribution in [1.29, 1.82) is 0 Å². The largest absolute Gasteiger partial charge is 0.353 e. The highest BCUT2D eigenvalue weighted by molar-refractivity contribution is 5.75. The van der Waals surface area contributed by atoms with Gasteiger partial charge >= 0.3 is 0 Å². The number of hydrogen-bond donors (Lipinski definition) is 2. The highest BCUT2D eigenvalue weighted by Gasteiger charge is 2.13. The maximum Gasteiger partial charge on any atom is 0.241 e. The Balaban J connectivity index is 1.67. The zero-order chi connectivity index (χ0) is 11.2. The van der Waals surface area contributed by atoms with Crippen LogP contribution in [0.2, 0.25) is 0 Å². The molecule has 0 spiro atoms. The van der Waals surface area contributed by atoms with Gasteiger partial charge in [0.05, 0.1) is 6.20 Å². The average molecular weight is 223 g/mol. The molecule has 1 fully saturated rings. The summed E-state index contributed by atoms with van der Waals surface area (Å²) in [6, 6.07) is 0.424. The number of carbonyl (C=O) groups excluding carboxylic acids is 1. The maximum atomic E-state index is 11.5. The van der Waals surface area contributed by atoms with Crippen LogP contribution in [0.15, 0.2) is 12.4 Å². The first-order valence-electron chi connectivity index (χ1n) is 5.69. The van der Waals surface area contributed by atoms with Crippen LogP contribution in [-0.4, -0.2) is 40.0 Å². The molecule has 0 aliphatic carbocycles. The highest BCUT2D eigenvalue weighted by atomic mass is 16.2. The molecule has 6 nitrogen and oxygen atoms in total. The molecule has 1 aromatic heterocycles. The summed E-state index contributed by atoms with van der Waals surface area (Å²) in [5.41, 5.74) is 0. The SMILES string of the molecule is O=C(Cn1ccnn1)NCC1CCCCN1. The van der Waals surface area contributed by atoms with Crippen LogP contribution in [0.5, 0.6) is 0 Å². The Morgan fingerprint density at radius 3 is 3.19 bits per heavy atom. The van der Waals surface area contributed by atoms with E-state index in [4.69, 9.17) is 0 Å². The van der Waals surface area contributed by atoms with Crippen LogP contribution in [0.4, 0.5) is 0 Å². The Kier molecular flexibility index (Phi) is 3.87. The standard InChI is InChI=1S/C10H17N5O/c16-10(8-15-6-5-13-14-15)12-7-9-3-1-2-4-11-9/h5-6,9,11H,1-4,7-8H2,(H,12,16). The van der Waals surface area contributed by atoms with Gasteiger partial charge in [-0.15, -0.1) is 5.10 Å². The Morgan fingerprint density at radius 2 is 2.50 bits per heavy atom. The van der Waals surface area contributed by atoms with Gasteiger partial charge in [-0.05, 0) is 19.4 Å². The van der Waals surface area contributed by atoms with Crippen molar-refractivity contribution in [3.8, 4) is 0 Å². The lowest BCUT2D eigenvalue weighted by molar-refractivity contribution is -0.122. The second kappa shape index (κ2) is 5.60. The third-order valence-corrected chi connectivity index (χ3v) is 2.74. The van der Waals surface area contributed by atoms with E-state index in [1.807, 2.05) is 0 Å². The van der Waals surface area contributed by atoms with Crippen LogP contribution >= 0.6 is 0 Å². The number of carbonyl (C=O) groups is 1. The van der Waals surface area contributed by atoms with Crippen LogP contribution in [0.3, 0.4) is 0 Å². The zero-order valence-electron chi connectivity index (χ0n) is 9.22. The number of aromatic nitrogens is 3. The molecule has 0 bridgehead atoms. The molecule has 1 atom stereocenters. The minimum atomic E-state index is -0.0159. The highest BCUT2D eigenvalue weighted by Crippen LogP contribution is 2.05. The van der Waals surface area contributed by atoms with Crippen LogP contribution in [0.25, 0.3) is 0 Å². The Labute approximate surface area is 94.4 Å². The predicted molar refractivity (Wildman–Crippen MR) is 58.7 cm³/mol. The first-order chi connectivity index (χ1) is 7.84. The summed E-state index contributed by atoms with van der Waals surface area (Å²) >= 11 is 0. The molecule has 16 heavy (non-hydrogen) atoms. The molecule has 1 amide bonds. The minimum Gasteiger partial charge on any atom is -0.353 e. The van der Waals surface area contributed by atoms with E-state index in [2.05, 4.69) is 20.9 Å². The van der Waals surface area contributed by atoms with E-state index in [0.717, 1.165) is 13.0 Å². The van der Waals surface area contributed by atoms with Crippen LogP contribution < -0.4 is 10.6 Å². The quantitative estimate of drug-likeness (QED) is 0.724. The molecule has 1 saturated heterocycles. The fourth-order valence-electron chi connectivity index (χ4n) is 1.86. The molecule has 1 aromatic rings. The molecule has 0 radical (unpaired) electrons. The molecule has 2 rings (SSSR count). The maximum absolute atomic E-state index is 11.5. The second-order valence-electron chi connectivity index (χ2n) is 4.05. The smallest absolute Gasteiger partial charge is 0.241 e. The van der Waals surface area contributed by atoms with Crippen LogP contribution in [0.1, 0.15) is 19.3 Å². The molecular formula is C10H17N5O. The number of piperidine rings is 1. The average Bonchev–Trinajstić information content (AvgIpc) is 2.81. The summed E-state index contributed by atoms with van der Waals surface area (Å²) in [5, 5.41) is 13.7. The van der Waals surface area contributed by atoms with Gasteiger partial charge in [0.15, 0.2) is 0 Å². The lowest BCUT2D eigenvalue weighted by Gasteiger charge is -2.23. The van der Waals surface area contributed by atoms with Crippen molar-refractivity contribution in [2.45, 2.75) is 31.8 Å². The van der Waals surface area contributed by atoms with Gasteiger partial charge in [-0.25, -0.2) is 4.68 Å². The lowest BCUT2D eigenvalue weighted by atomic mass is 10.1. The van der Waals surface area contributed by atoms with E-state index < -0.39 is 0 Å². The zero-order valence-corrected chi connectivity index (χ0v) is 9.22. The third-order valence-electron chi connectivity index (χ3n) is 2.74. The fourth-order valence-corrected chi connectivity index (χ4v) is 1.86. The van der Waals surface area contributed by atoms with Crippen molar-refractivity contribution < 1.29 is 4.79 Å². The van der Waals surface area contributed by atoms with E-state index in [9.17, 15) is 4.79 Å². The Hall–Kier alpha value is -1.43. The van der Waals surface area contributed by atoms with Crippen molar-refractivity contribution in [1.82, 2.24) is 25.6 Å². The topological polar surface area (TPSA) is 71.8 Å². The van der Waals surface area contributed by atoms with Crippen molar-refractivity contribution in [2.75, 3.05) is 13.1 Å². The van der Waals surface area contributed by atoms with Gasteiger partial charge in [-0.3, -0.25) is 4.79 Å². The monoisotopic (exact) mass is 223 g/mol. The molecule has 88 valence electrons. The van der Waals surface area contributed by atoms with Gasteiger partial charge < -0.3 is 10.6 Å². The third kappa shape index (κ3) is 3.30. The normalized spacial score (nSPS) is 20.6. The summed E-state index contributed by atoms with van der Waals surface area (Å²) in [5.74, 6) is -0.0159. The summed E-state index contributed by atoms with van der Waals surface area (Å²) < 4.78 is 1.52. The van der Waals surface area contributed by atoms with E-state index in [1.165, 1.54) is 17.5 Å². The first-order valence-corrected chi connectivity index (χ1v) is 5.69. The van der Waals surface area contributed by atoms with Crippen molar-refractivity contribution in [3.05, 3.63) is 12.4 Å². The van der Waals surface area contributed by atoms with E-state index in [1.54, 1.807) is 12.4 Å². The van der Waals surface area contributed by atoms with Gasteiger partial charge in [0.1, 0.15) is 6.54 Å². The summed E-state index contributed by atoms with van der Waals surface area (Å²) in [4.78, 5) is 11.5. The van der Waals surface area contributed by atoms with Gasteiger partial charge in [0, 0.05) is 18.8 Å². The van der Waals surface area contributed by atoms with E-state index in [0.29, 0.717) is 12.6 Å². The predicted octanol–water partition coefficient (Wildman–Crippen LogP) is -0.464. The molecule has 0 aromatic carbocycles. The van der Waals surface area contributed by atoms with Crippen molar-refractivity contribution in [3.63, 3.8) is 0 Å². The van der Waals surface area contributed by atoms with Crippen LogP contribution in [-0.2, 0) is 11.3 Å². The fraction of sp³-hybridized carbons (Fsp3) is 0.700. The number of rotatable bonds is 4. The van der Waals surface area contributed by atoms with Gasteiger partial charge in [-0.2, -0.15) is 0 Å². The number of hydrogen-bond acceptors (Lipinski definition) is 4.